The maximum absolute atomic E-state index is 5.58. The van der Waals surface area contributed by atoms with Crippen molar-refractivity contribution in [1.29, 1.82) is 0 Å². The van der Waals surface area contributed by atoms with Crippen molar-refractivity contribution in [3.8, 4) is 0 Å². The summed E-state index contributed by atoms with van der Waals surface area (Å²) in [6.07, 6.45) is 2.82. The van der Waals surface area contributed by atoms with Crippen LogP contribution in [-0.2, 0) is 0 Å². The molecular formula is C12H13N3S2. The van der Waals surface area contributed by atoms with Crippen LogP contribution in [0.5, 0.6) is 0 Å². The minimum Gasteiger partial charge on any atom is -0.374 e. The molecule has 3 nitrogen and oxygen atoms in total. The number of benzene rings is 1. The molecule has 1 atom stereocenters. The quantitative estimate of drug-likeness (QED) is 0.662. The summed E-state index contributed by atoms with van der Waals surface area (Å²) in [5.41, 5.74) is 6.85. The van der Waals surface area contributed by atoms with Gasteiger partial charge >= 0.3 is 0 Å². The molecule has 1 unspecified atom stereocenters. The predicted octanol–water partition coefficient (Wildman–Crippen LogP) is 3.53. The lowest BCUT2D eigenvalue weighted by Crippen LogP contribution is -1.92. The topological polar surface area (TPSA) is 51.8 Å². The molecule has 0 amide bonds. The van der Waals surface area contributed by atoms with Gasteiger partial charge in [0.25, 0.3) is 0 Å². The third kappa shape index (κ3) is 3.31. The normalized spacial score (nSPS) is 12.2. The van der Waals surface area contributed by atoms with E-state index in [0.29, 0.717) is 10.4 Å². The minimum absolute atomic E-state index is 0.320. The van der Waals surface area contributed by atoms with E-state index in [-0.39, 0.29) is 0 Å². The van der Waals surface area contributed by atoms with Crippen LogP contribution >= 0.6 is 23.1 Å². The van der Waals surface area contributed by atoms with E-state index in [0.717, 1.165) is 10.8 Å². The van der Waals surface area contributed by atoms with Gasteiger partial charge in [0.1, 0.15) is 0 Å². The van der Waals surface area contributed by atoms with Gasteiger partial charge in [0.2, 0.25) is 5.13 Å². The number of nitrogens with zero attached hydrogens (tertiary/aromatic N) is 2. The van der Waals surface area contributed by atoms with Gasteiger partial charge in [-0.25, -0.2) is 0 Å². The second-order valence-corrected chi connectivity index (χ2v) is 5.91. The van der Waals surface area contributed by atoms with Crippen molar-refractivity contribution in [3.63, 3.8) is 0 Å². The average Bonchev–Trinajstić information content (AvgIpc) is 2.75. The van der Waals surface area contributed by atoms with Crippen LogP contribution < -0.4 is 5.73 Å². The van der Waals surface area contributed by atoms with Gasteiger partial charge in [-0.15, -0.1) is 16.8 Å². The molecule has 0 spiro atoms. The number of anilines is 1. The zero-order valence-corrected chi connectivity index (χ0v) is 10.9. The van der Waals surface area contributed by atoms with E-state index >= 15 is 0 Å². The molecule has 1 heterocycles. The number of rotatable bonds is 5. The Hall–Kier alpha value is -1.33. The Balaban J connectivity index is 2.15. The van der Waals surface area contributed by atoms with Crippen molar-refractivity contribution in [2.24, 2.45) is 0 Å². The highest BCUT2D eigenvalue weighted by molar-refractivity contribution is 8.01. The Bertz CT molecular complexity index is 482. The van der Waals surface area contributed by atoms with Crippen molar-refractivity contribution >= 4 is 28.2 Å². The highest BCUT2D eigenvalue weighted by atomic mass is 32.2. The van der Waals surface area contributed by atoms with E-state index in [9.17, 15) is 0 Å². The summed E-state index contributed by atoms with van der Waals surface area (Å²) in [6, 6.07) is 10.3. The van der Waals surface area contributed by atoms with E-state index in [4.69, 9.17) is 5.73 Å². The van der Waals surface area contributed by atoms with Gasteiger partial charge in [0.15, 0.2) is 4.34 Å². The lowest BCUT2D eigenvalue weighted by Gasteiger charge is -2.12. The molecule has 1 aromatic heterocycles. The fraction of sp³-hybridized carbons (Fsp3) is 0.167. The second kappa shape index (κ2) is 5.84. The summed E-state index contributed by atoms with van der Waals surface area (Å²) in [7, 11) is 0. The van der Waals surface area contributed by atoms with Gasteiger partial charge in [0, 0.05) is 5.25 Å². The van der Waals surface area contributed by atoms with E-state index in [1.165, 1.54) is 16.9 Å². The van der Waals surface area contributed by atoms with E-state index in [1.807, 2.05) is 24.3 Å². The molecule has 17 heavy (non-hydrogen) atoms. The van der Waals surface area contributed by atoms with Gasteiger partial charge in [0.05, 0.1) is 0 Å². The second-order valence-electron chi connectivity index (χ2n) is 3.45. The van der Waals surface area contributed by atoms with E-state index < -0.39 is 0 Å². The van der Waals surface area contributed by atoms with Crippen LogP contribution in [0.1, 0.15) is 17.2 Å². The molecule has 0 radical (unpaired) electrons. The molecule has 2 rings (SSSR count). The van der Waals surface area contributed by atoms with Gasteiger partial charge in [-0.3, -0.25) is 0 Å². The van der Waals surface area contributed by atoms with Crippen LogP contribution in [0.15, 0.2) is 47.3 Å². The third-order valence-electron chi connectivity index (χ3n) is 2.22. The molecule has 5 heteroatoms. The van der Waals surface area contributed by atoms with Crippen LogP contribution in [0.2, 0.25) is 0 Å². The molecule has 0 aliphatic heterocycles. The molecule has 0 saturated heterocycles. The molecule has 2 aromatic rings. The monoisotopic (exact) mass is 263 g/mol. The SMILES string of the molecule is C=CCC(Sc1nnc(N)s1)c1ccccc1. The molecule has 1 aromatic carbocycles. The van der Waals surface area contributed by atoms with E-state index in [2.05, 4.69) is 28.9 Å². The van der Waals surface area contributed by atoms with Gasteiger partial charge in [-0.1, -0.05) is 59.5 Å². The zero-order valence-electron chi connectivity index (χ0n) is 9.24. The highest BCUT2D eigenvalue weighted by Crippen LogP contribution is 2.39. The molecular weight excluding hydrogens is 250 g/mol. The maximum atomic E-state index is 5.58. The number of hydrogen-bond donors (Lipinski definition) is 1. The number of nitrogens with two attached hydrogens (primary N) is 1. The van der Waals surface area contributed by atoms with Crippen LogP contribution in [0, 0.1) is 0 Å². The number of thioether (sulfide) groups is 1. The highest BCUT2D eigenvalue weighted by Gasteiger charge is 2.14. The van der Waals surface area contributed by atoms with Crippen molar-refractivity contribution < 1.29 is 0 Å². The van der Waals surface area contributed by atoms with Crippen LogP contribution in [0.4, 0.5) is 5.13 Å². The average molecular weight is 263 g/mol. The number of hydrogen-bond acceptors (Lipinski definition) is 5. The summed E-state index contributed by atoms with van der Waals surface area (Å²) in [5, 5.41) is 8.69. The summed E-state index contributed by atoms with van der Waals surface area (Å²) in [5.74, 6) is 0. The largest absolute Gasteiger partial charge is 0.374 e. The molecule has 0 saturated carbocycles. The maximum Gasteiger partial charge on any atom is 0.203 e. The molecule has 0 aliphatic carbocycles. The minimum atomic E-state index is 0.320. The smallest absolute Gasteiger partial charge is 0.203 e. The number of nitrogen functional groups attached to an aromatic ring is 1. The Kier molecular flexibility index (Phi) is 4.17. The number of aromatic nitrogens is 2. The lowest BCUT2D eigenvalue weighted by molar-refractivity contribution is 0.955. The van der Waals surface area contributed by atoms with Crippen molar-refractivity contribution in [3.05, 3.63) is 48.6 Å². The first-order valence-electron chi connectivity index (χ1n) is 5.21. The fourth-order valence-corrected chi connectivity index (χ4v) is 3.46. The lowest BCUT2D eigenvalue weighted by atomic mass is 10.1. The first-order chi connectivity index (χ1) is 8.29. The fourth-order valence-electron chi connectivity index (χ4n) is 1.46. The Morgan fingerprint density at radius 2 is 2.12 bits per heavy atom. The summed E-state index contributed by atoms with van der Waals surface area (Å²) >= 11 is 3.10. The molecule has 88 valence electrons. The first-order valence-corrected chi connectivity index (χ1v) is 6.90. The van der Waals surface area contributed by atoms with Crippen LogP contribution in [0.3, 0.4) is 0 Å². The van der Waals surface area contributed by atoms with E-state index in [1.54, 1.807) is 11.8 Å². The van der Waals surface area contributed by atoms with Crippen LogP contribution in [0.25, 0.3) is 0 Å². The Morgan fingerprint density at radius 1 is 1.35 bits per heavy atom. The standard InChI is InChI=1S/C12H13N3S2/c1-2-6-10(9-7-4-3-5-8-9)16-12-15-14-11(13)17-12/h2-5,7-8,10H,1,6H2,(H2,13,14). The third-order valence-corrected chi connectivity index (χ3v) is 4.34. The Morgan fingerprint density at radius 3 is 2.71 bits per heavy atom. The molecule has 0 fully saturated rings. The van der Waals surface area contributed by atoms with Crippen molar-refractivity contribution in [2.75, 3.05) is 5.73 Å². The Labute approximate surface area is 109 Å². The van der Waals surface area contributed by atoms with Gasteiger partial charge in [-0.2, -0.15) is 0 Å². The number of allylic oxidation sites excluding steroid dienone is 1. The predicted molar refractivity (Wildman–Crippen MR) is 74.2 cm³/mol. The first kappa shape index (κ1) is 12.1. The summed E-state index contributed by atoms with van der Waals surface area (Å²) in [4.78, 5) is 0. The summed E-state index contributed by atoms with van der Waals surface area (Å²) < 4.78 is 0.901. The van der Waals surface area contributed by atoms with Crippen molar-refractivity contribution in [1.82, 2.24) is 10.2 Å². The van der Waals surface area contributed by atoms with Gasteiger partial charge in [-0.05, 0) is 12.0 Å². The summed E-state index contributed by atoms with van der Waals surface area (Å²) in [6.45, 7) is 3.80. The molecule has 0 aliphatic rings. The zero-order chi connectivity index (χ0) is 12.1. The van der Waals surface area contributed by atoms with Crippen molar-refractivity contribution in [2.45, 2.75) is 16.0 Å². The molecule has 0 bridgehead atoms. The van der Waals surface area contributed by atoms with Crippen LogP contribution in [-0.4, -0.2) is 10.2 Å². The molecule has 2 N–H and O–H groups in total. The van der Waals surface area contributed by atoms with Gasteiger partial charge < -0.3 is 5.73 Å².